The van der Waals surface area contributed by atoms with Crippen LogP contribution in [0.25, 0.3) is 11.1 Å². The van der Waals surface area contributed by atoms with Gasteiger partial charge in [-0.15, -0.1) is 0 Å². The van der Waals surface area contributed by atoms with E-state index in [1.807, 2.05) is 30.3 Å². The maximum Gasteiger partial charge on any atom is 0.120 e. The zero-order chi connectivity index (χ0) is 15.9. The van der Waals surface area contributed by atoms with E-state index >= 15 is 0 Å². The predicted octanol–water partition coefficient (Wildman–Crippen LogP) is 4.43. The summed E-state index contributed by atoms with van der Waals surface area (Å²) in [5, 5.41) is 0. The van der Waals surface area contributed by atoms with Gasteiger partial charge in [-0.2, -0.15) is 0 Å². The van der Waals surface area contributed by atoms with Crippen LogP contribution in [0, 0.1) is 0 Å². The molecule has 2 nitrogen and oxygen atoms in total. The SMILES string of the molecule is NCCc1ccc(-c2cccc(OCc3ccccc3)c2)cc1. The van der Waals surface area contributed by atoms with Gasteiger partial charge in [-0.05, 0) is 47.4 Å². The highest BCUT2D eigenvalue weighted by atomic mass is 16.5. The van der Waals surface area contributed by atoms with E-state index in [1.165, 1.54) is 16.7 Å². The molecule has 0 spiro atoms. The van der Waals surface area contributed by atoms with Crippen LogP contribution in [0.2, 0.25) is 0 Å². The number of rotatable bonds is 6. The molecule has 116 valence electrons. The van der Waals surface area contributed by atoms with Crippen molar-refractivity contribution < 1.29 is 4.74 Å². The fraction of sp³-hybridized carbons (Fsp3) is 0.143. The standard InChI is InChI=1S/C21H21NO/c22-14-13-17-9-11-19(12-10-17)20-7-4-8-21(15-20)23-16-18-5-2-1-3-6-18/h1-12,15H,13-14,16,22H2. The largest absolute Gasteiger partial charge is 0.489 e. The Bertz CT molecular complexity index is 735. The van der Waals surface area contributed by atoms with E-state index in [1.54, 1.807) is 0 Å². The smallest absolute Gasteiger partial charge is 0.120 e. The first-order chi connectivity index (χ1) is 11.3. The number of hydrogen-bond acceptors (Lipinski definition) is 2. The molecule has 0 saturated carbocycles. The molecule has 0 atom stereocenters. The van der Waals surface area contributed by atoms with Crippen molar-refractivity contribution in [1.82, 2.24) is 0 Å². The second-order valence-corrected chi connectivity index (χ2v) is 5.54. The highest BCUT2D eigenvalue weighted by molar-refractivity contribution is 5.65. The number of benzene rings is 3. The molecule has 0 aromatic heterocycles. The molecule has 0 heterocycles. The maximum absolute atomic E-state index is 5.90. The van der Waals surface area contributed by atoms with Gasteiger partial charge < -0.3 is 10.5 Å². The van der Waals surface area contributed by atoms with Crippen LogP contribution >= 0.6 is 0 Å². The van der Waals surface area contributed by atoms with Crippen molar-refractivity contribution in [1.29, 1.82) is 0 Å². The maximum atomic E-state index is 5.90. The molecule has 0 radical (unpaired) electrons. The number of ether oxygens (including phenoxy) is 1. The van der Waals surface area contributed by atoms with Crippen molar-refractivity contribution >= 4 is 0 Å². The van der Waals surface area contributed by atoms with Crippen LogP contribution in [0.15, 0.2) is 78.9 Å². The predicted molar refractivity (Wildman–Crippen MR) is 95.4 cm³/mol. The molecule has 0 saturated heterocycles. The van der Waals surface area contributed by atoms with Crippen molar-refractivity contribution in [2.45, 2.75) is 13.0 Å². The van der Waals surface area contributed by atoms with Crippen molar-refractivity contribution in [2.75, 3.05) is 6.54 Å². The number of nitrogens with two attached hydrogens (primary N) is 1. The van der Waals surface area contributed by atoms with Crippen LogP contribution in [0.4, 0.5) is 0 Å². The first-order valence-electron chi connectivity index (χ1n) is 7.91. The van der Waals surface area contributed by atoms with Crippen molar-refractivity contribution in [2.24, 2.45) is 5.73 Å². The monoisotopic (exact) mass is 303 g/mol. The summed E-state index contributed by atoms with van der Waals surface area (Å²) in [6, 6.07) is 27.0. The summed E-state index contributed by atoms with van der Waals surface area (Å²) >= 11 is 0. The molecule has 0 unspecified atom stereocenters. The lowest BCUT2D eigenvalue weighted by Crippen LogP contribution is -2.02. The molecule has 23 heavy (non-hydrogen) atoms. The van der Waals surface area contributed by atoms with Crippen molar-refractivity contribution in [3.63, 3.8) is 0 Å². The van der Waals surface area contributed by atoms with Crippen LogP contribution in [0.3, 0.4) is 0 Å². The summed E-state index contributed by atoms with van der Waals surface area (Å²) in [7, 11) is 0. The van der Waals surface area contributed by atoms with Gasteiger partial charge in [-0.3, -0.25) is 0 Å². The highest BCUT2D eigenvalue weighted by Gasteiger charge is 2.01. The molecule has 3 aromatic rings. The van der Waals surface area contributed by atoms with E-state index in [2.05, 4.69) is 48.5 Å². The lowest BCUT2D eigenvalue weighted by Gasteiger charge is -2.09. The van der Waals surface area contributed by atoms with Gasteiger partial charge in [0.15, 0.2) is 0 Å². The van der Waals surface area contributed by atoms with Gasteiger partial charge in [-0.25, -0.2) is 0 Å². The van der Waals surface area contributed by atoms with Crippen LogP contribution in [0.1, 0.15) is 11.1 Å². The molecule has 0 amide bonds. The fourth-order valence-corrected chi connectivity index (χ4v) is 2.54. The zero-order valence-electron chi connectivity index (χ0n) is 13.1. The highest BCUT2D eigenvalue weighted by Crippen LogP contribution is 2.24. The molecule has 2 N–H and O–H groups in total. The van der Waals surface area contributed by atoms with Gasteiger partial charge >= 0.3 is 0 Å². The molecule has 0 aliphatic carbocycles. The minimum atomic E-state index is 0.583. The Labute approximate surface area is 137 Å². The molecular formula is C21H21NO. The van der Waals surface area contributed by atoms with E-state index < -0.39 is 0 Å². The second-order valence-electron chi connectivity index (χ2n) is 5.54. The van der Waals surface area contributed by atoms with Gasteiger partial charge in [0.05, 0.1) is 0 Å². The summed E-state index contributed by atoms with van der Waals surface area (Å²) in [6.07, 6.45) is 0.917. The first-order valence-corrected chi connectivity index (χ1v) is 7.91. The number of hydrogen-bond donors (Lipinski definition) is 1. The minimum Gasteiger partial charge on any atom is -0.489 e. The van der Waals surface area contributed by atoms with Crippen LogP contribution in [-0.2, 0) is 13.0 Å². The van der Waals surface area contributed by atoms with E-state index in [9.17, 15) is 0 Å². The van der Waals surface area contributed by atoms with E-state index in [-0.39, 0.29) is 0 Å². The van der Waals surface area contributed by atoms with Gasteiger partial charge in [0, 0.05) is 0 Å². The summed E-state index contributed by atoms with van der Waals surface area (Å²) in [4.78, 5) is 0. The van der Waals surface area contributed by atoms with Gasteiger partial charge in [0.2, 0.25) is 0 Å². The van der Waals surface area contributed by atoms with Crippen LogP contribution in [0.5, 0.6) is 5.75 Å². The van der Waals surface area contributed by atoms with E-state index in [0.29, 0.717) is 13.2 Å². The lowest BCUT2D eigenvalue weighted by molar-refractivity contribution is 0.306. The van der Waals surface area contributed by atoms with Crippen molar-refractivity contribution in [3.05, 3.63) is 90.0 Å². The normalized spacial score (nSPS) is 10.5. The van der Waals surface area contributed by atoms with Crippen molar-refractivity contribution in [3.8, 4) is 16.9 Å². The average Bonchev–Trinajstić information content (AvgIpc) is 2.62. The summed E-state index contributed by atoms with van der Waals surface area (Å²) in [6.45, 7) is 1.27. The minimum absolute atomic E-state index is 0.583. The van der Waals surface area contributed by atoms with E-state index in [4.69, 9.17) is 10.5 Å². The summed E-state index contributed by atoms with van der Waals surface area (Å²) in [5.74, 6) is 0.886. The van der Waals surface area contributed by atoms with Crippen LogP contribution < -0.4 is 10.5 Å². The molecule has 0 aliphatic rings. The summed E-state index contributed by atoms with van der Waals surface area (Å²) < 4.78 is 5.90. The van der Waals surface area contributed by atoms with Crippen LogP contribution in [-0.4, -0.2) is 6.54 Å². The fourth-order valence-electron chi connectivity index (χ4n) is 2.54. The third kappa shape index (κ3) is 4.21. The molecule has 0 bridgehead atoms. The molecule has 0 aliphatic heterocycles. The Morgan fingerprint density at radius 1 is 0.696 bits per heavy atom. The Morgan fingerprint density at radius 3 is 2.22 bits per heavy atom. The molecule has 2 heteroatoms. The molecule has 0 fully saturated rings. The Kier molecular flexibility index (Phi) is 5.07. The molecule has 3 rings (SSSR count). The quantitative estimate of drug-likeness (QED) is 0.731. The van der Waals surface area contributed by atoms with Gasteiger partial charge in [-0.1, -0.05) is 66.7 Å². The molecule has 3 aromatic carbocycles. The third-order valence-electron chi connectivity index (χ3n) is 3.80. The average molecular weight is 303 g/mol. The lowest BCUT2D eigenvalue weighted by atomic mass is 10.0. The topological polar surface area (TPSA) is 35.2 Å². The summed E-state index contributed by atoms with van der Waals surface area (Å²) in [5.41, 5.74) is 10.4. The van der Waals surface area contributed by atoms with E-state index in [0.717, 1.165) is 17.7 Å². The Morgan fingerprint density at radius 2 is 1.48 bits per heavy atom. The van der Waals surface area contributed by atoms with Gasteiger partial charge in [0.25, 0.3) is 0 Å². The molecular weight excluding hydrogens is 282 g/mol. The Hall–Kier alpha value is -2.58. The first kappa shape index (κ1) is 15.3. The third-order valence-corrected chi connectivity index (χ3v) is 3.80. The Balaban J connectivity index is 1.71. The second kappa shape index (κ2) is 7.61. The van der Waals surface area contributed by atoms with Gasteiger partial charge in [0.1, 0.15) is 12.4 Å². The zero-order valence-corrected chi connectivity index (χ0v) is 13.1.